The molecule has 0 spiro atoms. The van der Waals surface area contributed by atoms with Crippen molar-refractivity contribution in [2.24, 2.45) is 5.73 Å². The molecule has 1 aliphatic rings. The number of aliphatic hydroxyl groups is 1. The number of carbonyl (C=O) groups excluding carboxylic acids is 1. The standard InChI is InChI=1S/C12H15N2O3/c13-12(16)11-8(6-7-15)4-5-10(14-11)17-9-2-1-3-9/h4-6,9,15H,1-3,7H2,(H2,13,16). The molecule has 5 heteroatoms. The highest BCUT2D eigenvalue weighted by Gasteiger charge is 2.20. The molecule has 91 valence electrons. The van der Waals surface area contributed by atoms with Crippen LogP contribution in [0.3, 0.4) is 0 Å². The fourth-order valence-corrected chi connectivity index (χ4v) is 1.64. The maximum absolute atomic E-state index is 11.2. The summed E-state index contributed by atoms with van der Waals surface area (Å²) < 4.78 is 5.58. The lowest BCUT2D eigenvalue weighted by Gasteiger charge is -2.25. The predicted octanol–water partition coefficient (Wildman–Crippen LogP) is 0.656. The number of hydrogen-bond donors (Lipinski definition) is 2. The van der Waals surface area contributed by atoms with Crippen molar-refractivity contribution >= 4 is 5.91 Å². The third-order valence-corrected chi connectivity index (χ3v) is 2.79. The molecule has 1 aromatic rings. The van der Waals surface area contributed by atoms with Gasteiger partial charge in [0.1, 0.15) is 11.8 Å². The molecule has 0 unspecified atom stereocenters. The second-order valence-corrected chi connectivity index (χ2v) is 4.01. The van der Waals surface area contributed by atoms with Gasteiger partial charge in [0.05, 0.1) is 6.61 Å². The van der Waals surface area contributed by atoms with E-state index in [-0.39, 0.29) is 18.4 Å². The monoisotopic (exact) mass is 235 g/mol. The molecule has 0 bridgehead atoms. The highest BCUT2D eigenvalue weighted by Crippen LogP contribution is 2.24. The zero-order valence-corrected chi connectivity index (χ0v) is 9.43. The number of nitrogens with two attached hydrogens (primary N) is 1. The van der Waals surface area contributed by atoms with Crippen LogP contribution in [0.5, 0.6) is 5.88 Å². The average Bonchev–Trinajstić information content (AvgIpc) is 2.25. The van der Waals surface area contributed by atoms with Crippen LogP contribution in [-0.2, 0) is 0 Å². The molecule has 3 N–H and O–H groups in total. The number of aliphatic hydroxyl groups excluding tert-OH is 1. The topological polar surface area (TPSA) is 85.4 Å². The van der Waals surface area contributed by atoms with E-state index in [1.165, 1.54) is 12.8 Å². The fraction of sp³-hybridized carbons (Fsp3) is 0.417. The van der Waals surface area contributed by atoms with Gasteiger partial charge in [0.2, 0.25) is 5.88 Å². The summed E-state index contributed by atoms with van der Waals surface area (Å²) in [4.78, 5) is 15.3. The van der Waals surface area contributed by atoms with Gasteiger partial charge >= 0.3 is 0 Å². The quantitative estimate of drug-likeness (QED) is 0.785. The Balaban J connectivity index is 2.18. The van der Waals surface area contributed by atoms with Crippen molar-refractivity contribution in [3.05, 3.63) is 29.8 Å². The summed E-state index contributed by atoms with van der Waals surface area (Å²) in [6.45, 7) is -0.162. The van der Waals surface area contributed by atoms with Crippen LogP contribution < -0.4 is 10.5 Å². The molecule has 5 nitrogen and oxygen atoms in total. The third kappa shape index (κ3) is 2.74. The van der Waals surface area contributed by atoms with E-state index in [0.717, 1.165) is 12.8 Å². The van der Waals surface area contributed by atoms with Crippen LogP contribution in [0.4, 0.5) is 0 Å². The molecule has 1 fully saturated rings. The van der Waals surface area contributed by atoms with Gasteiger partial charge in [-0.1, -0.05) is 6.07 Å². The number of rotatable bonds is 5. The van der Waals surface area contributed by atoms with Crippen molar-refractivity contribution in [3.8, 4) is 5.88 Å². The van der Waals surface area contributed by atoms with Crippen molar-refractivity contribution in [2.45, 2.75) is 25.4 Å². The summed E-state index contributed by atoms with van der Waals surface area (Å²) in [6.07, 6.45) is 4.91. The Labute approximate surface area is 99.6 Å². The summed E-state index contributed by atoms with van der Waals surface area (Å²) in [5.41, 5.74) is 5.90. The molecule has 1 aliphatic carbocycles. The first-order valence-electron chi connectivity index (χ1n) is 5.62. The van der Waals surface area contributed by atoms with Gasteiger partial charge in [-0.05, 0) is 24.8 Å². The molecule has 1 radical (unpaired) electrons. The van der Waals surface area contributed by atoms with Crippen LogP contribution in [0.2, 0.25) is 0 Å². The Morgan fingerprint density at radius 3 is 2.88 bits per heavy atom. The van der Waals surface area contributed by atoms with Gasteiger partial charge < -0.3 is 15.6 Å². The Kier molecular flexibility index (Phi) is 3.58. The lowest BCUT2D eigenvalue weighted by atomic mass is 9.96. The van der Waals surface area contributed by atoms with Gasteiger partial charge in [-0.15, -0.1) is 0 Å². The predicted molar refractivity (Wildman–Crippen MR) is 61.5 cm³/mol. The number of aromatic nitrogens is 1. The van der Waals surface area contributed by atoms with E-state index in [2.05, 4.69) is 4.98 Å². The summed E-state index contributed by atoms with van der Waals surface area (Å²) in [6, 6.07) is 3.36. The molecule has 1 aromatic heterocycles. The van der Waals surface area contributed by atoms with Gasteiger partial charge in [-0.25, -0.2) is 4.98 Å². The van der Waals surface area contributed by atoms with Crippen molar-refractivity contribution in [3.63, 3.8) is 0 Å². The third-order valence-electron chi connectivity index (χ3n) is 2.79. The molecule has 0 atom stereocenters. The zero-order valence-electron chi connectivity index (χ0n) is 9.43. The van der Waals surface area contributed by atoms with Gasteiger partial charge in [0, 0.05) is 12.5 Å². The normalized spacial score (nSPS) is 15.4. The summed E-state index contributed by atoms with van der Waals surface area (Å²) in [5, 5.41) is 8.82. The highest BCUT2D eigenvalue weighted by molar-refractivity contribution is 5.92. The maximum Gasteiger partial charge on any atom is 0.267 e. The minimum absolute atomic E-state index is 0.135. The van der Waals surface area contributed by atoms with Crippen LogP contribution in [0.25, 0.3) is 0 Å². The molecule has 17 heavy (non-hydrogen) atoms. The zero-order chi connectivity index (χ0) is 12.3. The van der Waals surface area contributed by atoms with Gasteiger partial charge in [-0.3, -0.25) is 4.79 Å². The van der Waals surface area contributed by atoms with Crippen molar-refractivity contribution in [1.29, 1.82) is 0 Å². The minimum Gasteiger partial charge on any atom is -0.474 e. The van der Waals surface area contributed by atoms with E-state index in [1.807, 2.05) is 0 Å². The summed E-state index contributed by atoms with van der Waals surface area (Å²) >= 11 is 0. The van der Waals surface area contributed by atoms with E-state index < -0.39 is 5.91 Å². The first kappa shape index (κ1) is 11.9. The van der Waals surface area contributed by atoms with E-state index in [0.29, 0.717) is 11.4 Å². The molecular weight excluding hydrogens is 220 g/mol. The molecule has 1 amide bonds. The number of primary amides is 1. The van der Waals surface area contributed by atoms with Crippen LogP contribution in [0, 0.1) is 6.42 Å². The molecule has 1 heterocycles. The van der Waals surface area contributed by atoms with E-state index in [9.17, 15) is 4.79 Å². The lowest BCUT2D eigenvalue weighted by Crippen LogP contribution is -2.25. The minimum atomic E-state index is -0.622. The number of amides is 1. The molecule has 2 rings (SSSR count). The summed E-state index contributed by atoms with van der Waals surface area (Å²) in [7, 11) is 0. The Morgan fingerprint density at radius 2 is 2.35 bits per heavy atom. The second-order valence-electron chi connectivity index (χ2n) is 4.01. The molecule has 0 aromatic carbocycles. The largest absolute Gasteiger partial charge is 0.474 e. The fourth-order valence-electron chi connectivity index (χ4n) is 1.64. The number of carbonyl (C=O) groups is 1. The van der Waals surface area contributed by atoms with Crippen LogP contribution in [0.15, 0.2) is 12.1 Å². The van der Waals surface area contributed by atoms with Gasteiger partial charge in [0.15, 0.2) is 0 Å². The lowest BCUT2D eigenvalue weighted by molar-refractivity contribution is 0.0982. The Morgan fingerprint density at radius 1 is 1.59 bits per heavy atom. The van der Waals surface area contributed by atoms with Crippen molar-refractivity contribution in [1.82, 2.24) is 4.98 Å². The summed E-state index contributed by atoms with van der Waals surface area (Å²) in [5.74, 6) is -0.206. The van der Waals surface area contributed by atoms with Gasteiger partial charge in [-0.2, -0.15) is 0 Å². The van der Waals surface area contributed by atoms with Crippen molar-refractivity contribution in [2.75, 3.05) is 6.61 Å². The van der Waals surface area contributed by atoms with E-state index in [1.54, 1.807) is 12.1 Å². The van der Waals surface area contributed by atoms with E-state index in [4.69, 9.17) is 15.6 Å². The number of pyridine rings is 1. The second kappa shape index (κ2) is 5.14. The molecule has 1 saturated carbocycles. The Hall–Kier alpha value is -1.62. The van der Waals surface area contributed by atoms with Crippen LogP contribution in [0.1, 0.15) is 35.3 Å². The van der Waals surface area contributed by atoms with Gasteiger partial charge in [0.25, 0.3) is 5.91 Å². The molecule has 0 saturated heterocycles. The number of hydrogen-bond acceptors (Lipinski definition) is 4. The van der Waals surface area contributed by atoms with Crippen LogP contribution >= 0.6 is 0 Å². The number of nitrogens with zero attached hydrogens (tertiary/aromatic N) is 1. The number of ether oxygens (including phenoxy) is 1. The SMILES string of the molecule is NC(=O)c1nc(OC2CCC2)ccc1[CH]CO. The first-order chi connectivity index (χ1) is 8.20. The van der Waals surface area contributed by atoms with E-state index >= 15 is 0 Å². The van der Waals surface area contributed by atoms with Crippen LogP contribution in [-0.4, -0.2) is 28.7 Å². The molecular formula is C12H15N2O3. The Bertz CT molecular complexity index is 416. The highest BCUT2D eigenvalue weighted by atomic mass is 16.5. The first-order valence-corrected chi connectivity index (χ1v) is 5.62. The average molecular weight is 235 g/mol. The molecule has 0 aliphatic heterocycles. The van der Waals surface area contributed by atoms with Crippen molar-refractivity contribution < 1.29 is 14.6 Å². The maximum atomic E-state index is 11.2. The smallest absolute Gasteiger partial charge is 0.267 e.